The highest BCUT2D eigenvalue weighted by molar-refractivity contribution is 5.80. The molecule has 0 radical (unpaired) electrons. The first-order valence-corrected chi connectivity index (χ1v) is 5.17. The van der Waals surface area contributed by atoms with Crippen LogP contribution in [0.4, 0.5) is 0 Å². The van der Waals surface area contributed by atoms with Crippen molar-refractivity contribution in [2.45, 2.75) is 12.5 Å². The highest BCUT2D eigenvalue weighted by Crippen LogP contribution is 1.92. The number of rotatable bonds is 3. The summed E-state index contributed by atoms with van der Waals surface area (Å²) < 4.78 is 0. The third-order valence-electron chi connectivity index (χ3n) is 2.04. The number of aromatic nitrogens is 4. The van der Waals surface area contributed by atoms with Gasteiger partial charge in [-0.15, -0.1) is 0 Å². The second-order valence-corrected chi connectivity index (χ2v) is 3.58. The number of aromatic amines is 3. The largest absolute Gasteiger partial charge is 0.481 e. The van der Waals surface area contributed by atoms with Crippen LogP contribution in [0.5, 0.6) is 0 Å². The number of fused-ring (bicyclic) bond motifs is 1. The predicted molar refractivity (Wildman–Crippen MR) is 65.2 cm³/mol. The highest BCUT2D eigenvalue weighted by Gasteiger charge is 2.14. The van der Waals surface area contributed by atoms with Gasteiger partial charge >= 0.3 is 17.6 Å². The van der Waals surface area contributed by atoms with Gasteiger partial charge in [-0.3, -0.25) is 24.4 Å². The van der Waals surface area contributed by atoms with Crippen LogP contribution in [0.3, 0.4) is 0 Å². The Morgan fingerprint density at radius 1 is 1.30 bits per heavy atom. The second kappa shape index (κ2) is 6.29. The van der Waals surface area contributed by atoms with Crippen LogP contribution in [0.1, 0.15) is 6.42 Å². The Hall–Kier alpha value is -2.95. The van der Waals surface area contributed by atoms with Gasteiger partial charge in [0.1, 0.15) is 11.6 Å². The Bertz CT molecular complexity index is 728. The zero-order valence-corrected chi connectivity index (χ0v) is 9.91. The SMILES string of the molecule is N[C@@H](CC(=O)O)C(=O)O.O=c1[nH]c(=O)c2[nH]cnc2[nH]1. The lowest BCUT2D eigenvalue weighted by molar-refractivity contribution is -0.144. The first-order valence-electron chi connectivity index (χ1n) is 5.17. The number of hydrogen-bond acceptors (Lipinski definition) is 6. The molecule has 0 fully saturated rings. The first-order chi connectivity index (χ1) is 9.31. The highest BCUT2D eigenvalue weighted by atomic mass is 16.4. The van der Waals surface area contributed by atoms with E-state index in [1.54, 1.807) is 0 Å². The molecule has 0 aliphatic rings. The molecule has 0 saturated carbocycles. The molecule has 0 aliphatic heterocycles. The molecule has 0 bridgehead atoms. The molecular formula is C9H11N5O6. The van der Waals surface area contributed by atoms with Crippen molar-refractivity contribution in [2.24, 2.45) is 5.73 Å². The summed E-state index contributed by atoms with van der Waals surface area (Å²) in [6, 6.07) is -1.29. The summed E-state index contributed by atoms with van der Waals surface area (Å²) in [5.41, 5.74) is 4.39. The van der Waals surface area contributed by atoms with E-state index in [0.717, 1.165) is 0 Å². The first kappa shape index (κ1) is 15.1. The number of carboxylic acids is 2. The molecule has 7 N–H and O–H groups in total. The molecule has 0 amide bonds. The molecule has 2 heterocycles. The number of hydrogen-bond donors (Lipinski definition) is 6. The molecule has 20 heavy (non-hydrogen) atoms. The Kier molecular flexibility index (Phi) is 4.75. The standard InChI is InChI=1S/C5H4N4O2.C4H7NO4/c10-4-2-3(7-1-6-2)8-5(11)9-4;5-2(4(8)9)1-3(6)7/h1H,(H3,6,7,8,9,10,11);2H,1,5H2,(H,6,7)(H,8,9)/t;2-/m.0/s1. The molecular weight excluding hydrogens is 274 g/mol. The molecule has 11 nitrogen and oxygen atoms in total. The van der Waals surface area contributed by atoms with Gasteiger partial charge in [0.15, 0.2) is 5.65 Å². The molecule has 0 spiro atoms. The zero-order valence-electron chi connectivity index (χ0n) is 9.91. The van der Waals surface area contributed by atoms with E-state index < -0.39 is 35.7 Å². The number of H-pyrrole nitrogens is 3. The fourth-order valence-corrected chi connectivity index (χ4v) is 1.14. The molecule has 11 heteroatoms. The number of carbonyl (C=O) groups is 2. The topological polar surface area (TPSA) is 195 Å². The van der Waals surface area contributed by atoms with E-state index in [-0.39, 0.29) is 11.2 Å². The summed E-state index contributed by atoms with van der Waals surface area (Å²) in [7, 11) is 0. The minimum absolute atomic E-state index is 0.277. The van der Waals surface area contributed by atoms with Crippen molar-refractivity contribution in [1.82, 2.24) is 19.9 Å². The number of nitrogens with one attached hydrogen (secondary N) is 3. The minimum atomic E-state index is -1.29. The Morgan fingerprint density at radius 2 is 1.95 bits per heavy atom. The third kappa shape index (κ3) is 4.06. The van der Waals surface area contributed by atoms with Crippen LogP contribution in [0, 0.1) is 0 Å². The number of nitrogens with zero attached hydrogens (tertiary/aromatic N) is 1. The Morgan fingerprint density at radius 3 is 2.45 bits per heavy atom. The molecule has 0 saturated heterocycles. The maximum Gasteiger partial charge on any atom is 0.327 e. The molecule has 0 aromatic carbocycles. The van der Waals surface area contributed by atoms with E-state index in [1.165, 1.54) is 6.33 Å². The van der Waals surface area contributed by atoms with Crippen molar-refractivity contribution >= 4 is 23.1 Å². The van der Waals surface area contributed by atoms with Crippen molar-refractivity contribution in [3.63, 3.8) is 0 Å². The van der Waals surface area contributed by atoms with Crippen molar-refractivity contribution < 1.29 is 19.8 Å². The van der Waals surface area contributed by atoms with E-state index >= 15 is 0 Å². The van der Waals surface area contributed by atoms with Gasteiger partial charge in [-0.25, -0.2) is 9.78 Å². The molecule has 2 aromatic heterocycles. The molecule has 108 valence electrons. The monoisotopic (exact) mass is 285 g/mol. The van der Waals surface area contributed by atoms with Gasteiger partial charge < -0.3 is 20.9 Å². The fourth-order valence-electron chi connectivity index (χ4n) is 1.14. The van der Waals surface area contributed by atoms with Crippen LogP contribution in [0.25, 0.3) is 11.2 Å². The summed E-state index contributed by atoms with van der Waals surface area (Å²) >= 11 is 0. The van der Waals surface area contributed by atoms with Gasteiger partial charge in [0.25, 0.3) is 5.56 Å². The fraction of sp³-hybridized carbons (Fsp3) is 0.222. The lowest BCUT2D eigenvalue weighted by Crippen LogP contribution is -2.32. The molecule has 0 aliphatic carbocycles. The van der Waals surface area contributed by atoms with Crippen LogP contribution in [0.2, 0.25) is 0 Å². The van der Waals surface area contributed by atoms with Gasteiger partial charge in [-0.05, 0) is 0 Å². The van der Waals surface area contributed by atoms with E-state index in [0.29, 0.717) is 0 Å². The van der Waals surface area contributed by atoms with Crippen LogP contribution in [0.15, 0.2) is 15.9 Å². The van der Waals surface area contributed by atoms with Crippen LogP contribution in [-0.2, 0) is 9.59 Å². The minimum Gasteiger partial charge on any atom is -0.481 e. The second-order valence-electron chi connectivity index (χ2n) is 3.58. The molecule has 2 rings (SSSR count). The summed E-state index contributed by atoms with van der Waals surface area (Å²) in [4.78, 5) is 51.9. The smallest absolute Gasteiger partial charge is 0.327 e. The number of aliphatic carboxylic acids is 2. The van der Waals surface area contributed by atoms with E-state index in [1.807, 2.05) is 0 Å². The number of nitrogens with two attached hydrogens (primary N) is 1. The van der Waals surface area contributed by atoms with Crippen LogP contribution < -0.4 is 17.0 Å². The van der Waals surface area contributed by atoms with E-state index in [2.05, 4.69) is 19.9 Å². The summed E-state index contributed by atoms with van der Waals surface area (Å²) in [6.07, 6.45) is 0.811. The van der Waals surface area contributed by atoms with Gasteiger partial charge in [0, 0.05) is 0 Å². The van der Waals surface area contributed by atoms with Crippen molar-refractivity contribution in [3.05, 3.63) is 27.2 Å². The lowest BCUT2D eigenvalue weighted by atomic mass is 10.2. The normalized spacial score (nSPS) is 11.4. The number of carboxylic acid groups (broad SMARTS) is 2. The lowest BCUT2D eigenvalue weighted by Gasteiger charge is -1.99. The quantitative estimate of drug-likeness (QED) is 0.365. The summed E-state index contributed by atoms with van der Waals surface area (Å²) in [5, 5.41) is 16.0. The van der Waals surface area contributed by atoms with Gasteiger partial charge in [-0.2, -0.15) is 0 Å². The molecule has 2 aromatic rings. The Balaban J connectivity index is 0.000000206. The zero-order chi connectivity index (χ0) is 15.3. The van der Waals surface area contributed by atoms with Gasteiger partial charge in [-0.1, -0.05) is 0 Å². The maximum atomic E-state index is 10.9. The van der Waals surface area contributed by atoms with Crippen molar-refractivity contribution in [1.29, 1.82) is 0 Å². The Labute approximate surface area is 109 Å². The van der Waals surface area contributed by atoms with E-state index in [4.69, 9.17) is 15.9 Å². The van der Waals surface area contributed by atoms with Gasteiger partial charge in [0.2, 0.25) is 0 Å². The van der Waals surface area contributed by atoms with Crippen molar-refractivity contribution in [2.75, 3.05) is 0 Å². The summed E-state index contributed by atoms with van der Waals surface area (Å²) in [6.45, 7) is 0. The molecule has 0 unspecified atom stereocenters. The summed E-state index contributed by atoms with van der Waals surface area (Å²) in [5.74, 6) is -2.50. The van der Waals surface area contributed by atoms with Crippen LogP contribution >= 0.6 is 0 Å². The number of imidazole rings is 1. The predicted octanol–water partition coefficient (Wildman–Crippen LogP) is -2.19. The third-order valence-corrected chi connectivity index (χ3v) is 2.04. The van der Waals surface area contributed by atoms with E-state index in [9.17, 15) is 19.2 Å². The van der Waals surface area contributed by atoms with Crippen molar-refractivity contribution in [3.8, 4) is 0 Å². The maximum absolute atomic E-state index is 10.9. The average molecular weight is 285 g/mol. The molecule has 1 atom stereocenters. The average Bonchev–Trinajstić information content (AvgIpc) is 2.77. The van der Waals surface area contributed by atoms with Gasteiger partial charge in [0.05, 0.1) is 12.7 Å². The van der Waals surface area contributed by atoms with Crippen LogP contribution in [-0.4, -0.2) is 48.1 Å².